The van der Waals surface area contributed by atoms with Gasteiger partial charge in [0.1, 0.15) is 18.5 Å². The summed E-state index contributed by atoms with van der Waals surface area (Å²) >= 11 is 0. The predicted molar refractivity (Wildman–Crippen MR) is 132 cm³/mol. The molecule has 12 heteroatoms. The zero-order valence-electron chi connectivity index (χ0n) is 18.3. The van der Waals surface area contributed by atoms with E-state index in [-0.39, 0.29) is 24.8 Å². The van der Waals surface area contributed by atoms with Crippen LogP contribution in [0.1, 0.15) is 17.5 Å². The quantitative estimate of drug-likeness (QED) is 0.332. The number of anilines is 2. The van der Waals surface area contributed by atoms with Crippen molar-refractivity contribution in [3.05, 3.63) is 53.6 Å². The number of hydrogen-bond donors (Lipinski definition) is 4. The summed E-state index contributed by atoms with van der Waals surface area (Å²) in [4.78, 5) is 0. The second-order valence-corrected chi connectivity index (χ2v) is 11.4. The molecular weight excluding hydrogens is 490 g/mol. The van der Waals surface area contributed by atoms with Crippen molar-refractivity contribution in [3.63, 3.8) is 0 Å². The molecule has 0 aromatic heterocycles. The fourth-order valence-electron chi connectivity index (χ4n) is 3.39. The van der Waals surface area contributed by atoms with Gasteiger partial charge in [0.15, 0.2) is 0 Å². The first-order chi connectivity index (χ1) is 15.1. The average Bonchev–Trinajstić information content (AvgIpc) is 2.71. The SMILES string of the molecule is CS(=O)(=O)Nc1ccc(CCCNCC(O)COc2cccc3c2CCS(=O)(=O)N3)cc1.Cl. The number of rotatable bonds is 11. The van der Waals surface area contributed by atoms with E-state index in [0.717, 1.165) is 30.2 Å². The summed E-state index contributed by atoms with van der Waals surface area (Å²) in [7, 11) is -6.56. The molecule has 0 amide bonds. The van der Waals surface area contributed by atoms with E-state index in [9.17, 15) is 21.9 Å². The molecule has 0 saturated heterocycles. The number of nitrogens with one attached hydrogen (secondary N) is 3. The van der Waals surface area contributed by atoms with E-state index in [4.69, 9.17) is 4.74 Å². The van der Waals surface area contributed by atoms with Crippen molar-refractivity contribution >= 4 is 43.8 Å². The number of sulfonamides is 2. The summed E-state index contributed by atoms with van der Waals surface area (Å²) < 4.78 is 56.5. The molecule has 1 aliphatic rings. The Morgan fingerprint density at radius 2 is 1.91 bits per heavy atom. The van der Waals surface area contributed by atoms with Crippen LogP contribution in [0.25, 0.3) is 0 Å². The van der Waals surface area contributed by atoms with Gasteiger partial charge in [0.05, 0.1) is 17.7 Å². The Balaban J connectivity index is 0.00000385. The number of aliphatic hydroxyl groups is 1. The zero-order valence-corrected chi connectivity index (χ0v) is 20.7. The second-order valence-electron chi connectivity index (χ2n) is 7.80. The third-order valence-corrected chi connectivity index (χ3v) is 6.79. The van der Waals surface area contributed by atoms with Gasteiger partial charge in [-0.1, -0.05) is 18.2 Å². The number of aliphatic hydroxyl groups excluding tert-OH is 1. The summed E-state index contributed by atoms with van der Waals surface area (Å²) in [6.45, 7) is 1.19. The van der Waals surface area contributed by atoms with Crippen molar-refractivity contribution in [2.75, 3.05) is 41.1 Å². The monoisotopic (exact) mass is 519 g/mol. The Bertz CT molecular complexity index is 1130. The van der Waals surface area contributed by atoms with E-state index in [2.05, 4.69) is 14.8 Å². The number of ether oxygens (including phenoxy) is 1. The lowest BCUT2D eigenvalue weighted by Crippen LogP contribution is -2.32. The first-order valence-electron chi connectivity index (χ1n) is 10.3. The fraction of sp³-hybridized carbons (Fsp3) is 0.429. The first-order valence-corrected chi connectivity index (χ1v) is 13.9. The van der Waals surface area contributed by atoms with E-state index in [1.807, 2.05) is 12.1 Å². The minimum atomic E-state index is -3.28. The molecule has 0 aliphatic carbocycles. The highest BCUT2D eigenvalue weighted by atomic mass is 35.5. The molecule has 1 aliphatic heterocycles. The summed E-state index contributed by atoms with van der Waals surface area (Å²) in [5.41, 5.74) is 2.97. The van der Waals surface area contributed by atoms with Crippen molar-refractivity contribution in [1.82, 2.24) is 5.32 Å². The molecule has 1 unspecified atom stereocenters. The normalized spacial score (nSPS) is 15.5. The molecule has 2 aromatic rings. The Labute approximate surface area is 201 Å². The van der Waals surface area contributed by atoms with Crippen LogP contribution >= 0.6 is 12.4 Å². The van der Waals surface area contributed by atoms with Crippen LogP contribution in [0.3, 0.4) is 0 Å². The standard InChI is InChI=1S/C21H29N3O6S2.ClH/c1-31(26,27)23-17-9-7-16(8-10-17)4-3-12-22-14-18(25)15-30-21-6-2-5-20-19(21)11-13-32(28,29)24-20;/h2,5-10,18,22-25H,3-4,11-15H2,1H3;1H. The molecule has 3 rings (SSSR count). The van der Waals surface area contributed by atoms with Crippen LogP contribution in [0.4, 0.5) is 11.4 Å². The molecule has 1 heterocycles. The molecule has 0 radical (unpaired) electrons. The van der Waals surface area contributed by atoms with Gasteiger partial charge in [0.2, 0.25) is 20.0 Å². The molecule has 184 valence electrons. The molecule has 1 atom stereocenters. The molecule has 2 aromatic carbocycles. The van der Waals surface area contributed by atoms with Crippen LogP contribution in [0.15, 0.2) is 42.5 Å². The Hall–Kier alpha value is -2.05. The molecular formula is C21H30ClN3O6S2. The third-order valence-electron chi connectivity index (χ3n) is 4.91. The molecule has 0 saturated carbocycles. The minimum absolute atomic E-state index is 0. The molecule has 9 nitrogen and oxygen atoms in total. The maximum atomic E-state index is 11.7. The van der Waals surface area contributed by atoms with Crippen LogP contribution < -0.4 is 19.5 Å². The van der Waals surface area contributed by atoms with Gasteiger partial charge in [-0.15, -0.1) is 12.4 Å². The smallest absolute Gasteiger partial charge is 0.233 e. The summed E-state index contributed by atoms with van der Waals surface area (Å²) in [5.74, 6) is 0.597. The minimum Gasteiger partial charge on any atom is -0.490 e. The first kappa shape index (κ1) is 27.2. The lowest BCUT2D eigenvalue weighted by atomic mass is 10.1. The van der Waals surface area contributed by atoms with Crippen molar-refractivity contribution in [3.8, 4) is 5.75 Å². The largest absolute Gasteiger partial charge is 0.490 e. The highest BCUT2D eigenvalue weighted by molar-refractivity contribution is 7.92. The van der Waals surface area contributed by atoms with Crippen LogP contribution in [0.5, 0.6) is 5.75 Å². The molecule has 33 heavy (non-hydrogen) atoms. The van der Waals surface area contributed by atoms with E-state index >= 15 is 0 Å². The van der Waals surface area contributed by atoms with Gasteiger partial charge in [-0.05, 0) is 55.6 Å². The summed E-state index contributed by atoms with van der Waals surface area (Å²) in [6.07, 6.45) is 2.47. The summed E-state index contributed by atoms with van der Waals surface area (Å²) in [6, 6.07) is 12.4. The third kappa shape index (κ3) is 9.01. The molecule has 0 spiro atoms. The van der Waals surface area contributed by atoms with E-state index in [1.165, 1.54) is 0 Å². The lowest BCUT2D eigenvalue weighted by Gasteiger charge is -2.22. The highest BCUT2D eigenvalue weighted by Crippen LogP contribution is 2.31. The van der Waals surface area contributed by atoms with Crippen molar-refractivity contribution in [1.29, 1.82) is 0 Å². The van der Waals surface area contributed by atoms with Crippen molar-refractivity contribution in [2.24, 2.45) is 0 Å². The van der Waals surface area contributed by atoms with Gasteiger partial charge in [0.25, 0.3) is 0 Å². The average molecular weight is 520 g/mol. The number of hydrogen-bond acceptors (Lipinski definition) is 7. The van der Waals surface area contributed by atoms with Gasteiger partial charge < -0.3 is 15.2 Å². The fourth-order valence-corrected chi connectivity index (χ4v) is 5.06. The second kappa shape index (κ2) is 11.9. The Kier molecular flexibility index (Phi) is 9.80. The topological polar surface area (TPSA) is 134 Å². The van der Waals surface area contributed by atoms with E-state index in [0.29, 0.717) is 36.6 Å². The molecule has 0 fully saturated rings. The Morgan fingerprint density at radius 3 is 2.61 bits per heavy atom. The molecule has 4 N–H and O–H groups in total. The van der Waals surface area contributed by atoms with Crippen LogP contribution in [0.2, 0.25) is 0 Å². The van der Waals surface area contributed by atoms with E-state index in [1.54, 1.807) is 30.3 Å². The lowest BCUT2D eigenvalue weighted by molar-refractivity contribution is 0.106. The number of halogens is 1. The van der Waals surface area contributed by atoms with Gasteiger partial charge in [-0.3, -0.25) is 9.44 Å². The van der Waals surface area contributed by atoms with Gasteiger partial charge in [0, 0.05) is 17.8 Å². The zero-order chi connectivity index (χ0) is 23.2. The number of benzene rings is 2. The van der Waals surface area contributed by atoms with Crippen molar-refractivity contribution < 1.29 is 26.7 Å². The van der Waals surface area contributed by atoms with Crippen molar-refractivity contribution in [2.45, 2.75) is 25.4 Å². The van der Waals surface area contributed by atoms with Crippen LogP contribution in [-0.4, -0.2) is 59.8 Å². The number of fused-ring (bicyclic) bond motifs is 1. The van der Waals surface area contributed by atoms with E-state index < -0.39 is 26.2 Å². The van der Waals surface area contributed by atoms with Crippen LogP contribution in [-0.2, 0) is 32.9 Å². The predicted octanol–water partition coefficient (Wildman–Crippen LogP) is 1.74. The number of aryl methyl sites for hydroxylation is 1. The van der Waals surface area contributed by atoms with Gasteiger partial charge in [-0.2, -0.15) is 0 Å². The summed E-state index contributed by atoms with van der Waals surface area (Å²) in [5, 5.41) is 13.4. The van der Waals surface area contributed by atoms with Crippen LogP contribution in [0, 0.1) is 0 Å². The maximum Gasteiger partial charge on any atom is 0.233 e. The van der Waals surface area contributed by atoms with Gasteiger partial charge in [-0.25, -0.2) is 16.8 Å². The van der Waals surface area contributed by atoms with Gasteiger partial charge >= 0.3 is 0 Å². The maximum absolute atomic E-state index is 11.7. The molecule has 0 bridgehead atoms. The Morgan fingerprint density at radius 1 is 1.18 bits per heavy atom. The highest BCUT2D eigenvalue weighted by Gasteiger charge is 2.23.